The summed E-state index contributed by atoms with van der Waals surface area (Å²) in [6, 6.07) is 2.92. The molecule has 1 saturated heterocycles. The minimum Gasteiger partial charge on any atom is -0.320 e. The Hall–Kier alpha value is -1.46. The average molecular weight is 256 g/mol. The molecule has 5 nitrogen and oxygen atoms in total. The molecule has 1 atom stereocenters. The summed E-state index contributed by atoms with van der Waals surface area (Å²) < 4.78 is 0. The Morgan fingerprint density at radius 1 is 1.53 bits per heavy atom. The maximum Gasteiger partial charge on any atom is 0.245 e. The van der Waals surface area contributed by atoms with Crippen LogP contribution in [0.2, 0.25) is 0 Å². The van der Waals surface area contributed by atoms with Crippen LogP contribution in [0.15, 0.2) is 18.3 Å². The molecule has 17 heavy (non-hydrogen) atoms. The SMILES string of the molecule is CC(=O)c1ccc(N2CCC(N)C2=O)nc1.Cl. The number of nitrogens with zero attached hydrogens (tertiary/aromatic N) is 2. The van der Waals surface area contributed by atoms with Gasteiger partial charge < -0.3 is 5.73 Å². The summed E-state index contributed by atoms with van der Waals surface area (Å²) in [6.07, 6.45) is 2.13. The third-order valence-electron chi connectivity index (χ3n) is 2.68. The molecule has 0 aliphatic carbocycles. The normalized spacial score (nSPS) is 19.1. The fourth-order valence-corrected chi connectivity index (χ4v) is 1.68. The first-order valence-corrected chi connectivity index (χ1v) is 5.13. The van der Waals surface area contributed by atoms with Crippen molar-refractivity contribution in [2.45, 2.75) is 19.4 Å². The summed E-state index contributed by atoms with van der Waals surface area (Å²) in [6.45, 7) is 2.07. The number of carbonyl (C=O) groups is 2. The van der Waals surface area contributed by atoms with Gasteiger partial charge in [-0.15, -0.1) is 12.4 Å². The van der Waals surface area contributed by atoms with Crippen LogP contribution in [-0.2, 0) is 4.79 Å². The van der Waals surface area contributed by atoms with Crippen LogP contribution in [0.25, 0.3) is 0 Å². The van der Waals surface area contributed by atoms with Gasteiger partial charge in [-0.1, -0.05) is 0 Å². The summed E-state index contributed by atoms with van der Waals surface area (Å²) in [5, 5.41) is 0. The molecule has 1 aliphatic heterocycles. The second-order valence-corrected chi connectivity index (χ2v) is 3.85. The molecule has 1 fully saturated rings. The topological polar surface area (TPSA) is 76.3 Å². The van der Waals surface area contributed by atoms with Gasteiger partial charge in [0.05, 0.1) is 6.04 Å². The Morgan fingerprint density at radius 3 is 2.65 bits per heavy atom. The highest BCUT2D eigenvalue weighted by atomic mass is 35.5. The lowest BCUT2D eigenvalue weighted by Crippen LogP contribution is -2.34. The molecule has 0 bridgehead atoms. The molecule has 0 radical (unpaired) electrons. The monoisotopic (exact) mass is 255 g/mol. The van der Waals surface area contributed by atoms with Crippen LogP contribution in [0.5, 0.6) is 0 Å². The number of anilines is 1. The predicted molar refractivity (Wildman–Crippen MR) is 66.4 cm³/mol. The lowest BCUT2D eigenvalue weighted by atomic mass is 10.2. The fraction of sp³-hybridized carbons (Fsp3) is 0.364. The van der Waals surface area contributed by atoms with Crippen LogP contribution in [-0.4, -0.2) is 29.3 Å². The van der Waals surface area contributed by atoms with Crippen LogP contribution < -0.4 is 10.6 Å². The first-order valence-electron chi connectivity index (χ1n) is 5.13. The van der Waals surface area contributed by atoms with E-state index in [0.717, 1.165) is 0 Å². The van der Waals surface area contributed by atoms with Crippen molar-refractivity contribution in [3.8, 4) is 0 Å². The van der Waals surface area contributed by atoms with Crippen molar-refractivity contribution in [3.63, 3.8) is 0 Å². The standard InChI is InChI=1S/C11H13N3O2.ClH/c1-7(15)8-2-3-10(13-6-8)14-5-4-9(12)11(14)16;/h2-3,6,9H,4-5,12H2,1H3;1H. The van der Waals surface area contributed by atoms with E-state index in [-0.39, 0.29) is 24.1 Å². The zero-order valence-electron chi connectivity index (χ0n) is 9.42. The van der Waals surface area contributed by atoms with Crippen LogP contribution in [0.1, 0.15) is 23.7 Å². The van der Waals surface area contributed by atoms with Gasteiger partial charge in [0.15, 0.2) is 5.78 Å². The number of Topliss-reactive ketones (excluding diaryl/α,β-unsaturated/α-hetero) is 1. The van der Waals surface area contributed by atoms with E-state index in [1.807, 2.05) is 0 Å². The molecule has 0 saturated carbocycles. The van der Waals surface area contributed by atoms with Gasteiger partial charge >= 0.3 is 0 Å². The van der Waals surface area contributed by atoms with Crippen LogP contribution in [0, 0.1) is 0 Å². The Morgan fingerprint density at radius 2 is 2.24 bits per heavy atom. The number of amides is 1. The molecule has 2 heterocycles. The summed E-state index contributed by atoms with van der Waals surface area (Å²) in [7, 11) is 0. The molecule has 1 amide bonds. The zero-order chi connectivity index (χ0) is 11.7. The van der Waals surface area contributed by atoms with Gasteiger partial charge in [0, 0.05) is 18.3 Å². The maximum absolute atomic E-state index is 11.6. The number of aromatic nitrogens is 1. The second kappa shape index (κ2) is 5.25. The van der Waals surface area contributed by atoms with Crippen molar-refractivity contribution >= 4 is 29.9 Å². The Labute approximate surface area is 105 Å². The highest BCUT2D eigenvalue weighted by molar-refractivity contribution is 5.99. The number of ketones is 1. The van der Waals surface area contributed by atoms with E-state index in [9.17, 15) is 9.59 Å². The lowest BCUT2D eigenvalue weighted by molar-refractivity contribution is -0.118. The highest BCUT2D eigenvalue weighted by Crippen LogP contribution is 2.18. The van der Waals surface area contributed by atoms with Crippen molar-refractivity contribution in [3.05, 3.63) is 23.9 Å². The average Bonchev–Trinajstić information content (AvgIpc) is 2.60. The quantitative estimate of drug-likeness (QED) is 0.792. The molecular weight excluding hydrogens is 242 g/mol. The molecule has 1 aromatic heterocycles. The van der Waals surface area contributed by atoms with Crippen molar-refractivity contribution in [1.29, 1.82) is 0 Å². The van der Waals surface area contributed by atoms with Crippen molar-refractivity contribution in [1.82, 2.24) is 4.98 Å². The minimum atomic E-state index is -0.422. The van der Waals surface area contributed by atoms with Gasteiger partial charge in [-0.05, 0) is 25.5 Å². The molecule has 0 aromatic carbocycles. The molecule has 2 N–H and O–H groups in total. The van der Waals surface area contributed by atoms with Crippen LogP contribution in [0.4, 0.5) is 5.82 Å². The summed E-state index contributed by atoms with van der Waals surface area (Å²) in [4.78, 5) is 28.3. The molecular formula is C11H14ClN3O2. The lowest BCUT2D eigenvalue weighted by Gasteiger charge is -2.14. The number of hydrogen-bond donors (Lipinski definition) is 1. The number of nitrogens with two attached hydrogens (primary N) is 1. The number of halogens is 1. The van der Waals surface area contributed by atoms with E-state index in [2.05, 4.69) is 4.98 Å². The Kier molecular flexibility index (Phi) is 4.20. The third kappa shape index (κ3) is 2.62. The van der Waals surface area contributed by atoms with Gasteiger partial charge in [0.2, 0.25) is 5.91 Å². The number of hydrogen-bond acceptors (Lipinski definition) is 4. The van der Waals surface area contributed by atoms with Crippen molar-refractivity contribution < 1.29 is 9.59 Å². The predicted octanol–water partition coefficient (Wildman–Crippen LogP) is 0.770. The summed E-state index contributed by atoms with van der Waals surface area (Å²) >= 11 is 0. The van der Waals surface area contributed by atoms with E-state index in [0.29, 0.717) is 24.3 Å². The highest BCUT2D eigenvalue weighted by Gasteiger charge is 2.30. The summed E-state index contributed by atoms with van der Waals surface area (Å²) in [5.41, 5.74) is 6.15. The Balaban J connectivity index is 0.00000144. The summed E-state index contributed by atoms with van der Waals surface area (Å²) in [5.74, 6) is 0.412. The van der Waals surface area contributed by atoms with Gasteiger partial charge in [0.25, 0.3) is 0 Å². The first kappa shape index (κ1) is 13.6. The smallest absolute Gasteiger partial charge is 0.245 e. The zero-order valence-corrected chi connectivity index (χ0v) is 10.2. The fourth-order valence-electron chi connectivity index (χ4n) is 1.68. The van der Waals surface area contributed by atoms with E-state index >= 15 is 0 Å². The molecule has 6 heteroatoms. The van der Waals surface area contributed by atoms with E-state index in [1.54, 1.807) is 17.0 Å². The second-order valence-electron chi connectivity index (χ2n) is 3.85. The number of rotatable bonds is 2. The molecule has 1 unspecified atom stereocenters. The third-order valence-corrected chi connectivity index (χ3v) is 2.68. The molecule has 0 spiro atoms. The van der Waals surface area contributed by atoms with Crippen LogP contribution >= 0.6 is 12.4 Å². The van der Waals surface area contributed by atoms with Gasteiger partial charge in [-0.3, -0.25) is 14.5 Å². The minimum absolute atomic E-state index is 0. The largest absolute Gasteiger partial charge is 0.320 e. The molecule has 92 valence electrons. The van der Waals surface area contributed by atoms with E-state index in [1.165, 1.54) is 13.1 Å². The number of pyridine rings is 1. The molecule has 1 aliphatic rings. The Bertz CT molecular complexity index is 433. The first-order chi connectivity index (χ1) is 7.59. The number of carbonyl (C=O) groups excluding carboxylic acids is 2. The maximum atomic E-state index is 11.6. The molecule has 2 rings (SSSR count). The van der Waals surface area contributed by atoms with Crippen molar-refractivity contribution in [2.75, 3.05) is 11.4 Å². The molecule has 1 aromatic rings. The van der Waals surface area contributed by atoms with Crippen molar-refractivity contribution in [2.24, 2.45) is 5.73 Å². The van der Waals surface area contributed by atoms with Gasteiger partial charge in [-0.25, -0.2) is 4.98 Å². The van der Waals surface area contributed by atoms with E-state index < -0.39 is 6.04 Å². The van der Waals surface area contributed by atoms with Gasteiger partial charge in [0.1, 0.15) is 5.82 Å². The van der Waals surface area contributed by atoms with E-state index in [4.69, 9.17) is 5.73 Å². The van der Waals surface area contributed by atoms with Gasteiger partial charge in [-0.2, -0.15) is 0 Å². The van der Waals surface area contributed by atoms with Crippen LogP contribution in [0.3, 0.4) is 0 Å².